The number of rotatable bonds is 10. The van der Waals surface area contributed by atoms with Crippen LogP contribution in [-0.2, 0) is 17.8 Å². The lowest BCUT2D eigenvalue weighted by molar-refractivity contribution is 0.300. The molecule has 2 rings (SSSR count). The lowest BCUT2D eigenvalue weighted by Gasteiger charge is -2.12. The zero-order chi connectivity index (χ0) is 18.1. The highest BCUT2D eigenvalue weighted by Crippen LogP contribution is 2.19. The van der Waals surface area contributed by atoms with Crippen LogP contribution in [0.1, 0.15) is 50.1 Å². The molecule has 0 amide bonds. The Morgan fingerprint density at radius 2 is 1.92 bits per heavy atom. The van der Waals surface area contributed by atoms with E-state index in [0.717, 1.165) is 29.5 Å². The van der Waals surface area contributed by atoms with Gasteiger partial charge in [-0.05, 0) is 42.2 Å². The standard InChI is InChI=1S/C22H29NO2/c1-5-6-8-17(2)15-19-11-13-21(14-12-19)25-16-20-9-7-10-22(23-20)18(3)24-4/h7,9-14,17H,3,5-6,8,15-16H2,1-2,4H3. The number of pyridine rings is 1. The van der Waals surface area contributed by atoms with Crippen molar-refractivity contribution in [2.75, 3.05) is 7.11 Å². The Bertz CT molecular complexity index is 664. The van der Waals surface area contributed by atoms with Gasteiger partial charge in [0.05, 0.1) is 12.8 Å². The normalized spacial score (nSPS) is 11.8. The number of aromatic nitrogens is 1. The molecule has 0 aliphatic rings. The molecule has 1 atom stereocenters. The first kappa shape index (κ1) is 19.0. The minimum absolute atomic E-state index is 0.428. The monoisotopic (exact) mass is 339 g/mol. The van der Waals surface area contributed by atoms with Crippen LogP contribution in [0.5, 0.6) is 5.75 Å². The summed E-state index contributed by atoms with van der Waals surface area (Å²) in [6, 6.07) is 14.2. The predicted octanol–water partition coefficient (Wildman–Crippen LogP) is 5.65. The fourth-order valence-corrected chi connectivity index (χ4v) is 2.76. The summed E-state index contributed by atoms with van der Waals surface area (Å²) in [6.45, 7) is 8.83. The SMILES string of the molecule is C=C(OC)c1cccc(COc2ccc(CC(C)CCCC)cc2)n1. The third-order valence-corrected chi connectivity index (χ3v) is 4.28. The molecule has 0 saturated heterocycles. The van der Waals surface area contributed by atoms with Crippen LogP contribution in [-0.4, -0.2) is 12.1 Å². The molecule has 25 heavy (non-hydrogen) atoms. The molecule has 0 spiro atoms. The van der Waals surface area contributed by atoms with E-state index >= 15 is 0 Å². The summed E-state index contributed by atoms with van der Waals surface area (Å²) in [4.78, 5) is 4.49. The van der Waals surface area contributed by atoms with Gasteiger partial charge in [0.2, 0.25) is 0 Å². The molecule has 0 radical (unpaired) electrons. The Balaban J connectivity index is 1.88. The Morgan fingerprint density at radius 3 is 2.60 bits per heavy atom. The zero-order valence-electron chi connectivity index (χ0n) is 15.6. The van der Waals surface area contributed by atoms with Gasteiger partial charge in [0.25, 0.3) is 0 Å². The molecule has 134 valence electrons. The van der Waals surface area contributed by atoms with Crippen LogP contribution >= 0.6 is 0 Å². The van der Waals surface area contributed by atoms with Gasteiger partial charge in [-0.2, -0.15) is 0 Å². The molecule has 2 aromatic rings. The summed E-state index contributed by atoms with van der Waals surface area (Å²) >= 11 is 0. The van der Waals surface area contributed by atoms with Gasteiger partial charge in [-0.1, -0.05) is 57.9 Å². The van der Waals surface area contributed by atoms with Crippen molar-refractivity contribution in [1.82, 2.24) is 4.98 Å². The van der Waals surface area contributed by atoms with Crippen molar-refractivity contribution in [1.29, 1.82) is 0 Å². The number of methoxy groups -OCH3 is 1. The van der Waals surface area contributed by atoms with E-state index in [-0.39, 0.29) is 0 Å². The lowest BCUT2D eigenvalue weighted by Crippen LogP contribution is -2.02. The Labute approximate surface area is 151 Å². The van der Waals surface area contributed by atoms with Gasteiger partial charge >= 0.3 is 0 Å². The van der Waals surface area contributed by atoms with Crippen LogP contribution in [0.3, 0.4) is 0 Å². The molecular formula is C22H29NO2. The summed E-state index contributed by atoms with van der Waals surface area (Å²) in [5.41, 5.74) is 2.96. The number of unbranched alkanes of at least 4 members (excludes halogenated alkanes) is 1. The molecular weight excluding hydrogens is 310 g/mol. The van der Waals surface area contributed by atoms with Crippen LogP contribution in [0, 0.1) is 5.92 Å². The van der Waals surface area contributed by atoms with E-state index in [4.69, 9.17) is 9.47 Å². The van der Waals surface area contributed by atoms with Gasteiger partial charge in [-0.25, -0.2) is 4.98 Å². The van der Waals surface area contributed by atoms with Crippen LogP contribution in [0.25, 0.3) is 5.76 Å². The zero-order valence-corrected chi connectivity index (χ0v) is 15.6. The third-order valence-electron chi connectivity index (χ3n) is 4.28. The molecule has 1 aromatic carbocycles. The molecule has 1 aromatic heterocycles. The number of hydrogen-bond acceptors (Lipinski definition) is 3. The van der Waals surface area contributed by atoms with Crippen molar-refractivity contribution in [3.63, 3.8) is 0 Å². The van der Waals surface area contributed by atoms with E-state index in [0.29, 0.717) is 12.4 Å². The summed E-state index contributed by atoms with van der Waals surface area (Å²) < 4.78 is 11.0. The first-order valence-corrected chi connectivity index (χ1v) is 9.03. The maximum atomic E-state index is 5.85. The lowest BCUT2D eigenvalue weighted by atomic mass is 9.96. The highest BCUT2D eigenvalue weighted by molar-refractivity contribution is 5.53. The van der Waals surface area contributed by atoms with Crippen molar-refractivity contribution < 1.29 is 9.47 Å². The summed E-state index contributed by atoms with van der Waals surface area (Å²) in [5, 5.41) is 0. The molecule has 0 bridgehead atoms. The van der Waals surface area contributed by atoms with Crippen LogP contribution in [0.15, 0.2) is 49.0 Å². The molecule has 1 heterocycles. The maximum Gasteiger partial charge on any atom is 0.137 e. The van der Waals surface area contributed by atoms with Crippen molar-refractivity contribution in [3.8, 4) is 5.75 Å². The summed E-state index contributed by atoms with van der Waals surface area (Å²) in [7, 11) is 1.60. The molecule has 1 unspecified atom stereocenters. The number of nitrogens with zero attached hydrogens (tertiary/aromatic N) is 1. The number of ether oxygens (including phenoxy) is 2. The largest absolute Gasteiger partial charge is 0.495 e. The average molecular weight is 339 g/mol. The highest BCUT2D eigenvalue weighted by atomic mass is 16.5. The minimum Gasteiger partial charge on any atom is -0.495 e. The fourth-order valence-electron chi connectivity index (χ4n) is 2.76. The topological polar surface area (TPSA) is 31.4 Å². The first-order valence-electron chi connectivity index (χ1n) is 9.03. The van der Waals surface area contributed by atoms with Gasteiger partial charge in [0, 0.05) is 0 Å². The molecule has 0 N–H and O–H groups in total. The fraction of sp³-hybridized carbons (Fsp3) is 0.409. The van der Waals surface area contributed by atoms with Gasteiger partial charge in [-0.15, -0.1) is 0 Å². The van der Waals surface area contributed by atoms with Gasteiger partial charge in [-0.3, -0.25) is 0 Å². The van der Waals surface area contributed by atoms with E-state index < -0.39 is 0 Å². The Hall–Kier alpha value is -2.29. The molecule has 0 aliphatic carbocycles. The van der Waals surface area contributed by atoms with E-state index in [1.165, 1.54) is 24.8 Å². The minimum atomic E-state index is 0.428. The van der Waals surface area contributed by atoms with Gasteiger partial charge in [0.1, 0.15) is 23.8 Å². The van der Waals surface area contributed by atoms with Gasteiger partial charge in [0.15, 0.2) is 0 Å². The van der Waals surface area contributed by atoms with Crippen molar-refractivity contribution >= 4 is 5.76 Å². The third kappa shape index (κ3) is 6.26. The highest BCUT2D eigenvalue weighted by Gasteiger charge is 2.05. The Morgan fingerprint density at radius 1 is 1.16 bits per heavy atom. The average Bonchev–Trinajstić information content (AvgIpc) is 2.65. The second-order valence-electron chi connectivity index (χ2n) is 6.53. The van der Waals surface area contributed by atoms with E-state index in [1.54, 1.807) is 7.11 Å². The molecule has 0 fully saturated rings. The second-order valence-corrected chi connectivity index (χ2v) is 6.53. The first-order chi connectivity index (χ1) is 12.1. The van der Waals surface area contributed by atoms with E-state index in [9.17, 15) is 0 Å². The van der Waals surface area contributed by atoms with Crippen LogP contribution < -0.4 is 4.74 Å². The van der Waals surface area contributed by atoms with E-state index in [1.807, 2.05) is 30.3 Å². The number of hydrogen-bond donors (Lipinski definition) is 0. The quantitative estimate of drug-likeness (QED) is 0.524. The maximum absolute atomic E-state index is 5.85. The second kappa shape index (κ2) is 9.87. The molecule has 3 nitrogen and oxygen atoms in total. The smallest absolute Gasteiger partial charge is 0.137 e. The molecule has 0 aliphatic heterocycles. The molecule has 3 heteroatoms. The number of benzene rings is 1. The predicted molar refractivity (Wildman–Crippen MR) is 103 cm³/mol. The summed E-state index contributed by atoms with van der Waals surface area (Å²) in [6.07, 6.45) is 5.00. The van der Waals surface area contributed by atoms with Crippen LogP contribution in [0.2, 0.25) is 0 Å². The van der Waals surface area contributed by atoms with Crippen molar-refractivity contribution in [3.05, 3.63) is 66.0 Å². The Kier molecular flexibility index (Phi) is 7.52. The summed E-state index contributed by atoms with van der Waals surface area (Å²) in [5.74, 6) is 2.15. The van der Waals surface area contributed by atoms with Crippen molar-refractivity contribution in [2.24, 2.45) is 5.92 Å². The van der Waals surface area contributed by atoms with Gasteiger partial charge < -0.3 is 9.47 Å². The van der Waals surface area contributed by atoms with E-state index in [2.05, 4.69) is 37.5 Å². The molecule has 0 saturated carbocycles. The van der Waals surface area contributed by atoms with Crippen LogP contribution in [0.4, 0.5) is 0 Å². The van der Waals surface area contributed by atoms with Crippen molar-refractivity contribution in [2.45, 2.75) is 46.1 Å².